The zero-order valence-corrected chi connectivity index (χ0v) is 12.3. The average molecular weight is 285 g/mol. The minimum atomic E-state index is 0.245. The van der Waals surface area contributed by atoms with Crippen LogP contribution in [0.15, 0.2) is 6.07 Å². The molecule has 1 aromatic heterocycles. The van der Waals surface area contributed by atoms with E-state index >= 15 is 0 Å². The lowest BCUT2D eigenvalue weighted by molar-refractivity contribution is 0.115. The van der Waals surface area contributed by atoms with Crippen molar-refractivity contribution in [3.05, 3.63) is 17.0 Å². The predicted octanol–water partition coefficient (Wildman–Crippen LogP) is 3.62. The summed E-state index contributed by atoms with van der Waals surface area (Å²) in [6, 6.07) is 1.68. The third kappa shape index (κ3) is 4.62. The third-order valence-corrected chi connectivity index (χ3v) is 3.52. The highest BCUT2D eigenvalue weighted by atomic mass is 35.5. The number of aromatic nitrogens is 2. The van der Waals surface area contributed by atoms with Gasteiger partial charge in [0.25, 0.3) is 0 Å². The smallest absolute Gasteiger partial charge is 0.218 e. The van der Waals surface area contributed by atoms with Crippen LogP contribution in [-0.2, 0) is 11.3 Å². The van der Waals surface area contributed by atoms with Gasteiger partial charge in [-0.1, -0.05) is 24.9 Å². The highest BCUT2D eigenvalue weighted by Gasteiger charge is 2.21. The van der Waals surface area contributed by atoms with Gasteiger partial charge in [-0.15, -0.1) is 0 Å². The van der Waals surface area contributed by atoms with Crippen molar-refractivity contribution in [1.82, 2.24) is 9.97 Å². The average Bonchev–Trinajstić information content (AvgIpc) is 2.35. The molecule has 1 aliphatic carbocycles. The number of nitrogens with zero attached hydrogens (tertiary/aromatic N) is 2. The summed E-state index contributed by atoms with van der Waals surface area (Å²) in [4.78, 5) is 8.48. The molecule has 0 radical (unpaired) electrons. The van der Waals surface area contributed by atoms with Crippen LogP contribution < -0.4 is 4.74 Å². The second-order valence-electron chi connectivity index (χ2n) is 5.09. The van der Waals surface area contributed by atoms with Crippen LogP contribution >= 0.6 is 11.6 Å². The van der Waals surface area contributed by atoms with Crippen molar-refractivity contribution in [2.75, 3.05) is 6.61 Å². The normalized spacial score (nSPS) is 23.3. The summed E-state index contributed by atoms with van der Waals surface area (Å²) in [5.41, 5.74) is 0. The number of rotatable bonds is 5. The van der Waals surface area contributed by atoms with Gasteiger partial charge in [-0.2, -0.15) is 4.98 Å². The van der Waals surface area contributed by atoms with Crippen LogP contribution in [0.5, 0.6) is 5.88 Å². The zero-order chi connectivity index (χ0) is 13.7. The van der Waals surface area contributed by atoms with Crippen LogP contribution in [-0.4, -0.2) is 22.7 Å². The quantitative estimate of drug-likeness (QED) is 0.775. The van der Waals surface area contributed by atoms with Gasteiger partial charge in [0.1, 0.15) is 17.9 Å². The molecule has 0 N–H and O–H groups in total. The van der Waals surface area contributed by atoms with Crippen molar-refractivity contribution < 1.29 is 9.47 Å². The monoisotopic (exact) mass is 284 g/mol. The predicted molar refractivity (Wildman–Crippen MR) is 74.4 cm³/mol. The van der Waals surface area contributed by atoms with E-state index in [9.17, 15) is 0 Å². The molecule has 0 bridgehead atoms. The van der Waals surface area contributed by atoms with Gasteiger partial charge in [-0.3, -0.25) is 0 Å². The first-order valence-electron chi connectivity index (χ1n) is 6.95. The van der Waals surface area contributed by atoms with E-state index in [0.29, 0.717) is 30.1 Å². The van der Waals surface area contributed by atoms with E-state index in [2.05, 4.69) is 16.9 Å². The summed E-state index contributed by atoms with van der Waals surface area (Å²) in [5.74, 6) is 1.86. The summed E-state index contributed by atoms with van der Waals surface area (Å²) >= 11 is 5.99. The SMILES string of the molecule is CCOCc1nc(Cl)cc(OC2CCCC(C)C2)n1. The lowest BCUT2D eigenvalue weighted by atomic mass is 9.89. The topological polar surface area (TPSA) is 44.2 Å². The van der Waals surface area contributed by atoms with E-state index in [-0.39, 0.29) is 6.10 Å². The second kappa shape index (κ2) is 7.06. The summed E-state index contributed by atoms with van der Waals surface area (Å²) < 4.78 is 11.2. The molecule has 1 heterocycles. The first kappa shape index (κ1) is 14.5. The van der Waals surface area contributed by atoms with Crippen LogP contribution in [0.25, 0.3) is 0 Å². The van der Waals surface area contributed by atoms with E-state index < -0.39 is 0 Å². The molecular weight excluding hydrogens is 264 g/mol. The largest absolute Gasteiger partial charge is 0.474 e. The second-order valence-corrected chi connectivity index (χ2v) is 5.48. The van der Waals surface area contributed by atoms with Gasteiger partial charge >= 0.3 is 0 Å². The highest BCUT2D eigenvalue weighted by molar-refractivity contribution is 6.29. The number of hydrogen-bond donors (Lipinski definition) is 0. The molecule has 106 valence electrons. The standard InChI is InChI=1S/C14H21ClN2O2/c1-3-18-9-13-16-12(15)8-14(17-13)19-11-6-4-5-10(2)7-11/h8,10-11H,3-7,9H2,1-2H3. The molecular formula is C14H21ClN2O2. The van der Waals surface area contributed by atoms with Crippen LogP contribution in [0.3, 0.4) is 0 Å². The van der Waals surface area contributed by atoms with Crippen LogP contribution in [0, 0.1) is 5.92 Å². The lowest BCUT2D eigenvalue weighted by Crippen LogP contribution is -2.24. The van der Waals surface area contributed by atoms with Gasteiger partial charge < -0.3 is 9.47 Å². The molecule has 2 rings (SSSR count). The van der Waals surface area contributed by atoms with Gasteiger partial charge in [0.15, 0.2) is 5.82 Å². The molecule has 0 saturated heterocycles. The summed E-state index contributed by atoms with van der Waals surface area (Å²) in [6.45, 7) is 5.20. The molecule has 1 saturated carbocycles. The molecule has 2 unspecified atom stereocenters. The number of hydrogen-bond acceptors (Lipinski definition) is 4. The zero-order valence-electron chi connectivity index (χ0n) is 11.6. The fraction of sp³-hybridized carbons (Fsp3) is 0.714. The summed E-state index contributed by atoms with van der Waals surface area (Å²) in [5, 5.41) is 0.406. The van der Waals surface area contributed by atoms with Crippen LogP contribution in [0.1, 0.15) is 45.4 Å². The van der Waals surface area contributed by atoms with Crippen molar-refractivity contribution in [3.8, 4) is 5.88 Å². The third-order valence-electron chi connectivity index (χ3n) is 3.33. The Kier molecular flexibility index (Phi) is 5.40. The molecule has 0 aromatic carbocycles. The molecule has 1 aliphatic rings. The number of ether oxygens (including phenoxy) is 2. The molecule has 4 nitrogen and oxygen atoms in total. The Bertz CT molecular complexity index is 414. The molecule has 2 atom stereocenters. The first-order valence-corrected chi connectivity index (χ1v) is 7.33. The molecule has 5 heteroatoms. The summed E-state index contributed by atoms with van der Waals surface area (Å²) in [7, 11) is 0. The van der Waals surface area contributed by atoms with E-state index in [0.717, 1.165) is 18.8 Å². The van der Waals surface area contributed by atoms with Gasteiger partial charge in [-0.25, -0.2) is 4.98 Å². The van der Waals surface area contributed by atoms with E-state index in [1.54, 1.807) is 6.07 Å². The maximum Gasteiger partial charge on any atom is 0.218 e. The van der Waals surface area contributed by atoms with Gasteiger partial charge in [0, 0.05) is 12.7 Å². The Morgan fingerprint density at radius 3 is 2.95 bits per heavy atom. The van der Waals surface area contributed by atoms with Crippen molar-refractivity contribution in [2.24, 2.45) is 5.92 Å². The first-order chi connectivity index (χ1) is 9.17. The van der Waals surface area contributed by atoms with Crippen LogP contribution in [0.2, 0.25) is 5.15 Å². The fourth-order valence-corrected chi connectivity index (χ4v) is 2.61. The van der Waals surface area contributed by atoms with E-state index in [1.807, 2.05) is 6.92 Å². The maximum absolute atomic E-state index is 5.99. The summed E-state index contributed by atoms with van der Waals surface area (Å²) in [6.07, 6.45) is 4.93. The van der Waals surface area contributed by atoms with Crippen LogP contribution in [0.4, 0.5) is 0 Å². The van der Waals surface area contributed by atoms with Gasteiger partial charge in [0.2, 0.25) is 5.88 Å². The Morgan fingerprint density at radius 1 is 1.37 bits per heavy atom. The van der Waals surface area contributed by atoms with E-state index in [1.165, 1.54) is 12.8 Å². The number of halogens is 1. The molecule has 0 amide bonds. The molecule has 0 spiro atoms. The minimum absolute atomic E-state index is 0.245. The Hall–Kier alpha value is -0.870. The minimum Gasteiger partial charge on any atom is -0.474 e. The lowest BCUT2D eigenvalue weighted by Gasteiger charge is -2.26. The van der Waals surface area contributed by atoms with Gasteiger partial charge in [0.05, 0.1) is 0 Å². The Morgan fingerprint density at radius 2 is 2.21 bits per heavy atom. The Labute approximate surface area is 119 Å². The highest BCUT2D eigenvalue weighted by Crippen LogP contribution is 2.27. The van der Waals surface area contributed by atoms with Crippen molar-refractivity contribution in [3.63, 3.8) is 0 Å². The molecule has 1 fully saturated rings. The molecule has 0 aliphatic heterocycles. The molecule has 1 aromatic rings. The fourth-order valence-electron chi connectivity index (χ4n) is 2.42. The van der Waals surface area contributed by atoms with Crippen molar-refractivity contribution in [2.45, 2.75) is 52.2 Å². The Balaban J connectivity index is 2.00. The van der Waals surface area contributed by atoms with E-state index in [4.69, 9.17) is 21.1 Å². The molecule has 19 heavy (non-hydrogen) atoms. The van der Waals surface area contributed by atoms with Crippen molar-refractivity contribution >= 4 is 11.6 Å². The van der Waals surface area contributed by atoms with Crippen molar-refractivity contribution in [1.29, 1.82) is 0 Å². The maximum atomic E-state index is 5.99. The van der Waals surface area contributed by atoms with Gasteiger partial charge in [-0.05, 0) is 32.1 Å².